The van der Waals surface area contributed by atoms with Crippen molar-refractivity contribution < 1.29 is 27.4 Å². The van der Waals surface area contributed by atoms with E-state index >= 15 is 0 Å². The number of halogens is 3. The van der Waals surface area contributed by atoms with E-state index in [1.165, 1.54) is 6.07 Å². The molecule has 0 saturated carbocycles. The van der Waals surface area contributed by atoms with E-state index in [9.17, 15) is 18.0 Å². The number of anilines is 1. The molecule has 0 spiro atoms. The maximum absolute atomic E-state index is 13.5. The average Bonchev–Trinajstić information content (AvgIpc) is 3.21. The lowest BCUT2D eigenvalue weighted by molar-refractivity contribution is -0.143. The number of nitriles is 1. The molecule has 1 aromatic carbocycles. The molecule has 0 aromatic heterocycles. The summed E-state index contributed by atoms with van der Waals surface area (Å²) in [6, 6.07) is 5.56. The third kappa shape index (κ3) is 4.82. The van der Waals surface area contributed by atoms with Crippen molar-refractivity contribution in [2.45, 2.75) is 32.4 Å². The van der Waals surface area contributed by atoms with Gasteiger partial charge in [0.2, 0.25) is 5.91 Å². The number of nitrogens with zero attached hydrogens (tertiary/aromatic N) is 3. The second-order valence-corrected chi connectivity index (χ2v) is 9.34. The van der Waals surface area contributed by atoms with Crippen LogP contribution in [0.5, 0.6) is 0 Å². The zero-order valence-electron chi connectivity index (χ0n) is 18.9. The van der Waals surface area contributed by atoms with Crippen LogP contribution in [0.2, 0.25) is 0 Å². The highest BCUT2D eigenvalue weighted by Crippen LogP contribution is 2.46. The highest BCUT2D eigenvalue weighted by atomic mass is 19.4. The highest BCUT2D eigenvalue weighted by molar-refractivity contribution is 5.79. The second-order valence-electron chi connectivity index (χ2n) is 9.34. The van der Waals surface area contributed by atoms with Gasteiger partial charge in [-0.2, -0.15) is 18.4 Å². The lowest BCUT2D eigenvalue weighted by Crippen LogP contribution is -2.52. The van der Waals surface area contributed by atoms with Crippen LogP contribution in [-0.4, -0.2) is 63.4 Å². The molecule has 0 N–H and O–H groups in total. The number of fused-ring (bicyclic) bond motifs is 1. The van der Waals surface area contributed by atoms with Gasteiger partial charge in [0.1, 0.15) is 0 Å². The molecule has 9 heteroatoms. The summed E-state index contributed by atoms with van der Waals surface area (Å²) in [6.07, 6.45) is -2.36. The number of benzene rings is 1. The summed E-state index contributed by atoms with van der Waals surface area (Å²) in [6.45, 7) is 6.57. The standard InChI is InChI=1S/C24H30F3N3O3/c1-2-32-16-23-7-8-29(22(31)17-5-9-33-10-6-17)13-19(23)14-30(15-23)20-4-3-18(12-28)21(11-20)24(25,26)27/h3-4,11,17,19H,2,5-10,13-16H2,1H3/t19-,23+/m1/s1. The molecule has 3 heterocycles. The summed E-state index contributed by atoms with van der Waals surface area (Å²) in [5, 5.41) is 9.11. The van der Waals surface area contributed by atoms with E-state index in [-0.39, 0.29) is 28.7 Å². The van der Waals surface area contributed by atoms with Crippen LogP contribution in [0, 0.1) is 28.6 Å². The van der Waals surface area contributed by atoms with Crippen molar-refractivity contribution in [1.29, 1.82) is 5.26 Å². The summed E-state index contributed by atoms with van der Waals surface area (Å²) in [5.41, 5.74) is -1.05. The zero-order valence-corrected chi connectivity index (χ0v) is 18.9. The van der Waals surface area contributed by atoms with Crippen LogP contribution in [0.3, 0.4) is 0 Å². The molecule has 3 aliphatic heterocycles. The first-order valence-electron chi connectivity index (χ1n) is 11.6. The van der Waals surface area contributed by atoms with Crippen LogP contribution >= 0.6 is 0 Å². The van der Waals surface area contributed by atoms with Gasteiger partial charge in [0.15, 0.2) is 0 Å². The molecule has 0 bridgehead atoms. The number of amides is 1. The normalized spacial score (nSPS) is 26.2. The molecule has 0 unspecified atom stereocenters. The fraction of sp³-hybridized carbons (Fsp3) is 0.667. The molecule has 3 saturated heterocycles. The van der Waals surface area contributed by atoms with Crippen LogP contribution < -0.4 is 4.90 Å². The molecule has 3 aliphatic rings. The first-order valence-corrected chi connectivity index (χ1v) is 11.6. The number of hydrogen-bond donors (Lipinski definition) is 0. The van der Waals surface area contributed by atoms with Gasteiger partial charge in [-0.25, -0.2) is 0 Å². The number of carbonyl (C=O) groups excluding carboxylic acids is 1. The quantitative estimate of drug-likeness (QED) is 0.664. The third-order valence-electron chi connectivity index (χ3n) is 7.40. The van der Waals surface area contributed by atoms with Crippen molar-refractivity contribution in [1.82, 2.24) is 4.90 Å². The van der Waals surface area contributed by atoms with Gasteiger partial charge in [-0.1, -0.05) is 0 Å². The van der Waals surface area contributed by atoms with Crippen molar-refractivity contribution >= 4 is 11.6 Å². The number of carbonyl (C=O) groups is 1. The molecule has 6 nitrogen and oxygen atoms in total. The number of hydrogen-bond acceptors (Lipinski definition) is 5. The van der Waals surface area contributed by atoms with E-state index in [1.54, 1.807) is 12.1 Å². The summed E-state index contributed by atoms with van der Waals surface area (Å²) < 4.78 is 51.7. The Balaban J connectivity index is 1.56. The predicted octanol–water partition coefficient (Wildman–Crippen LogP) is 3.70. The number of piperidine rings is 1. The Morgan fingerprint density at radius 3 is 2.73 bits per heavy atom. The first-order chi connectivity index (χ1) is 15.8. The van der Waals surface area contributed by atoms with Gasteiger partial charge in [-0.3, -0.25) is 4.79 Å². The van der Waals surface area contributed by atoms with E-state index in [2.05, 4.69) is 0 Å². The summed E-state index contributed by atoms with van der Waals surface area (Å²) in [4.78, 5) is 17.0. The molecular weight excluding hydrogens is 435 g/mol. The van der Waals surface area contributed by atoms with Crippen molar-refractivity contribution in [2.24, 2.45) is 17.3 Å². The van der Waals surface area contributed by atoms with Crippen LogP contribution in [-0.2, 0) is 20.4 Å². The Morgan fingerprint density at radius 1 is 1.30 bits per heavy atom. The molecule has 2 atom stereocenters. The molecule has 1 aromatic rings. The van der Waals surface area contributed by atoms with Gasteiger partial charge in [0, 0.05) is 68.9 Å². The molecular formula is C24H30F3N3O3. The van der Waals surface area contributed by atoms with Crippen molar-refractivity contribution in [3.63, 3.8) is 0 Å². The summed E-state index contributed by atoms with van der Waals surface area (Å²) >= 11 is 0. The smallest absolute Gasteiger partial charge is 0.381 e. The SMILES string of the molecule is CCOC[C@@]12CCN(C(=O)C3CCOCC3)C[C@@H]1CN(c1ccc(C#N)c(C(F)(F)F)c1)C2. The van der Waals surface area contributed by atoms with Crippen LogP contribution in [0.15, 0.2) is 18.2 Å². The maximum Gasteiger partial charge on any atom is 0.417 e. The monoisotopic (exact) mass is 465 g/mol. The number of rotatable bonds is 5. The lowest BCUT2D eigenvalue weighted by atomic mass is 9.73. The number of ether oxygens (including phenoxy) is 2. The number of likely N-dealkylation sites (tertiary alicyclic amines) is 1. The van der Waals surface area contributed by atoms with E-state index in [0.29, 0.717) is 58.3 Å². The Morgan fingerprint density at radius 2 is 2.06 bits per heavy atom. The van der Waals surface area contributed by atoms with E-state index in [1.807, 2.05) is 16.7 Å². The molecule has 1 amide bonds. The van der Waals surface area contributed by atoms with Crippen LogP contribution in [0.1, 0.15) is 37.3 Å². The molecule has 0 radical (unpaired) electrons. The fourth-order valence-electron chi connectivity index (χ4n) is 5.48. The maximum atomic E-state index is 13.5. The highest BCUT2D eigenvalue weighted by Gasteiger charge is 2.51. The topological polar surface area (TPSA) is 65.8 Å². The molecule has 4 rings (SSSR count). The Kier molecular flexibility index (Phi) is 6.87. The lowest BCUT2D eigenvalue weighted by Gasteiger charge is -2.44. The van der Waals surface area contributed by atoms with Gasteiger partial charge in [0.25, 0.3) is 0 Å². The van der Waals surface area contributed by atoms with Gasteiger partial charge >= 0.3 is 6.18 Å². The third-order valence-corrected chi connectivity index (χ3v) is 7.40. The zero-order chi connectivity index (χ0) is 23.6. The molecule has 3 fully saturated rings. The Bertz CT molecular complexity index is 910. The van der Waals surface area contributed by atoms with Crippen LogP contribution in [0.25, 0.3) is 0 Å². The Labute approximate surface area is 192 Å². The van der Waals surface area contributed by atoms with Crippen molar-refractivity contribution in [3.05, 3.63) is 29.3 Å². The minimum absolute atomic E-state index is 0.0106. The van der Waals surface area contributed by atoms with Gasteiger partial charge in [-0.15, -0.1) is 0 Å². The second kappa shape index (κ2) is 9.51. The fourth-order valence-corrected chi connectivity index (χ4v) is 5.48. The average molecular weight is 466 g/mol. The van der Waals surface area contributed by atoms with E-state index < -0.39 is 11.7 Å². The van der Waals surface area contributed by atoms with Gasteiger partial charge < -0.3 is 19.3 Å². The van der Waals surface area contributed by atoms with E-state index in [0.717, 1.165) is 25.3 Å². The van der Waals surface area contributed by atoms with Crippen molar-refractivity contribution in [2.75, 3.05) is 57.5 Å². The van der Waals surface area contributed by atoms with Gasteiger partial charge in [0.05, 0.1) is 23.8 Å². The first kappa shape index (κ1) is 23.8. The molecule has 33 heavy (non-hydrogen) atoms. The van der Waals surface area contributed by atoms with E-state index in [4.69, 9.17) is 14.7 Å². The summed E-state index contributed by atoms with van der Waals surface area (Å²) in [7, 11) is 0. The Hall–Kier alpha value is -2.31. The molecule has 0 aliphatic carbocycles. The largest absolute Gasteiger partial charge is 0.417 e. The molecule has 180 valence electrons. The van der Waals surface area contributed by atoms with Crippen LogP contribution in [0.4, 0.5) is 18.9 Å². The summed E-state index contributed by atoms with van der Waals surface area (Å²) in [5.74, 6) is 0.259. The minimum Gasteiger partial charge on any atom is -0.381 e. The predicted molar refractivity (Wildman–Crippen MR) is 116 cm³/mol. The minimum atomic E-state index is -4.59. The van der Waals surface area contributed by atoms with Gasteiger partial charge in [-0.05, 0) is 44.4 Å². The number of alkyl halides is 3. The van der Waals surface area contributed by atoms with Crippen molar-refractivity contribution in [3.8, 4) is 6.07 Å².